The topological polar surface area (TPSA) is 0 Å². The average Bonchev–Trinajstić information content (AvgIpc) is 2.14. The van der Waals surface area contributed by atoms with E-state index in [9.17, 15) is 0 Å². The first kappa shape index (κ1) is 7.11. The highest BCUT2D eigenvalue weighted by Gasteiger charge is 2.23. The second kappa shape index (κ2) is 2.72. The average molecular weight is 124 g/mol. The first-order valence-corrected chi connectivity index (χ1v) is 3.95. The maximum absolute atomic E-state index is 5.76. The van der Waals surface area contributed by atoms with E-state index in [0.29, 0.717) is 5.92 Å². The summed E-state index contributed by atoms with van der Waals surface area (Å²) >= 11 is 0. The van der Waals surface area contributed by atoms with Gasteiger partial charge in [-0.3, -0.25) is 0 Å². The van der Waals surface area contributed by atoms with Gasteiger partial charge in [0, 0.05) is 0 Å². The van der Waals surface area contributed by atoms with Crippen molar-refractivity contribution >= 4 is 0 Å². The molecule has 0 aromatic heterocycles. The van der Waals surface area contributed by atoms with Gasteiger partial charge in [0.2, 0.25) is 0 Å². The molecule has 1 fully saturated rings. The Balaban J connectivity index is 2.30. The highest BCUT2D eigenvalue weighted by Crippen LogP contribution is 2.34. The largest absolute Gasteiger partial charge is 0.0625 e. The molecule has 1 aliphatic rings. The van der Waals surface area contributed by atoms with Crippen molar-refractivity contribution in [3.05, 3.63) is 6.92 Å². The van der Waals surface area contributed by atoms with Crippen LogP contribution in [0.2, 0.25) is 0 Å². The molecule has 0 heteroatoms. The van der Waals surface area contributed by atoms with Gasteiger partial charge < -0.3 is 0 Å². The monoisotopic (exact) mass is 124 g/mol. The van der Waals surface area contributed by atoms with E-state index < -0.39 is 0 Å². The minimum absolute atomic E-state index is 0.511. The van der Waals surface area contributed by atoms with Crippen LogP contribution in [0.3, 0.4) is 0 Å². The minimum atomic E-state index is 0.511. The van der Waals surface area contributed by atoms with Gasteiger partial charge in [-0.15, -0.1) is 0 Å². The van der Waals surface area contributed by atoms with Gasteiger partial charge in [-0.25, -0.2) is 0 Å². The third kappa shape index (κ3) is 1.70. The smallest absolute Gasteiger partial charge is 0.0318 e. The molecule has 2 radical (unpaired) electrons. The molecule has 0 N–H and O–H groups in total. The van der Waals surface area contributed by atoms with E-state index in [2.05, 4.69) is 13.8 Å². The lowest BCUT2D eigenvalue weighted by Gasteiger charge is -2.12. The first-order valence-electron chi connectivity index (χ1n) is 3.95. The predicted molar refractivity (Wildman–Crippen MR) is 40.0 cm³/mol. The molecule has 0 aliphatic heterocycles. The first-order chi connectivity index (χ1) is 4.20. The zero-order valence-corrected chi connectivity index (χ0v) is 6.43. The highest BCUT2D eigenvalue weighted by atomic mass is 14.3. The van der Waals surface area contributed by atoms with Crippen LogP contribution in [0.5, 0.6) is 0 Å². The summed E-state index contributed by atoms with van der Waals surface area (Å²) in [7, 11) is 0. The molecule has 52 valence electrons. The van der Waals surface area contributed by atoms with Crippen molar-refractivity contribution in [2.75, 3.05) is 0 Å². The summed E-state index contributed by atoms with van der Waals surface area (Å²) in [4.78, 5) is 0. The second-order valence-corrected chi connectivity index (χ2v) is 3.58. The molecule has 2 unspecified atom stereocenters. The van der Waals surface area contributed by atoms with Gasteiger partial charge in [-0.05, 0) is 43.9 Å². The maximum Gasteiger partial charge on any atom is -0.0318 e. The van der Waals surface area contributed by atoms with Crippen molar-refractivity contribution in [3.63, 3.8) is 0 Å². The predicted octanol–water partition coefficient (Wildman–Crippen LogP) is 2.77. The molecule has 0 heterocycles. The molecular weight excluding hydrogens is 108 g/mol. The van der Waals surface area contributed by atoms with Crippen LogP contribution in [0.15, 0.2) is 0 Å². The lowest BCUT2D eigenvalue weighted by molar-refractivity contribution is 0.388. The molecule has 0 aromatic rings. The summed E-state index contributed by atoms with van der Waals surface area (Å²) in [6.07, 6.45) is 3.87. The van der Waals surface area contributed by atoms with Crippen molar-refractivity contribution in [1.82, 2.24) is 0 Å². The van der Waals surface area contributed by atoms with E-state index in [4.69, 9.17) is 6.92 Å². The third-order valence-electron chi connectivity index (χ3n) is 2.46. The van der Waals surface area contributed by atoms with Gasteiger partial charge in [-0.2, -0.15) is 0 Å². The molecule has 0 aromatic carbocycles. The standard InChI is InChI=1S/C9H16/c1-7(2)9-5-4-8(3)6-9/h3,7-9H,4-6H2,1-2H3. The van der Waals surface area contributed by atoms with E-state index in [-0.39, 0.29) is 0 Å². The van der Waals surface area contributed by atoms with Gasteiger partial charge in [0.05, 0.1) is 0 Å². The van der Waals surface area contributed by atoms with Crippen LogP contribution >= 0.6 is 0 Å². The normalized spacial score (nSPS) is 36.0. The fourth-order valence-electron chi connectivity index (χ4n) is 1.66. The van der Waals surface area contributed by atoms with Gasteiger partial charge in [0.25, 0.3) is 0 Å². The quantitative estimate of drug-likeness (QED) is 0.504. The molecule has 1 rings (SSSR count). The van der Waals surface area contributed by atoms with Gasteiger partial charge >= 0.3 is 0 Å². The number of rotatable bonds is 1. The highest BCUT2D eigenvalue weighted by molar-refractivity contribution is 4.78. The minimum Gasteiger partial charge on any atom is -0.0625 e. The summed E-state index contributed by atoms with van der Waals surface area (Å²) in [5, 5.41) is 0. The Bertz CT molecular complexity index is 84.0. The van der Waals surface area contributed by atoms with Gasteiger partial charge in [-0.1, -0.05) is 13.8 Å². The van der Waals surface area contributed by atoms with Crippen LogP contribution in [0.4, 0.5) is 0 Å². The van der Waals surface area contributed by atoms with E-state index >= 15 is 0 Å². The number of hydrogen-bond donors (Lipinski definition) is 0. The molecule has 1 aliphatic carbocycles. The Morgan fingerprint density at radius 3 is 2.22 bits per heavy atom. The Labute approximate surface area is 58.7 Å². The summed E-state index contributed by atoms with van der Waals surface area (Å²) in [6.45, 7) is 10.4. The summed E-state index contributed by atoms with van der Waals surface area (Å²) in [6, 6.07) is 0. The molecule has 0 bridgehead atoms. The van der Waals surface area contributed by atoms with E-state index in [1.54, 1.807) is 0 Å². The van der Waals surface area contributed by atoms with E-state index in [1.165, 1.54) is 19.3 Å². The summed E-state index contributed by atoms with van der Waals surface area (Å²) < 4.78 is 0. The Morgan fingerprint density at radius 2 is 2.00 bits per heavy atom. The molecule has 0 saturated heterocycles. The van der Waals surface area contributed by atoms with Crippen molar-refractivity contribution in [2.45, 2.75) is 33.1 Å². The molecule has 9 heavy (non-hydrogen) atoms. The van der Waals surface area contributed by atoms with Gasteiger partial charge in [0.1, 0.15) is 0 Å². The van der Waals surface area contributed by atoms with Crippen LogP contribution in [-0.2, 0) is 0 Å². The fourth-order valence-corrected chi connectivity index (χ4v) is 1.66. The SMILES string of the molecule is [CH]C1CCC(C(C)C)C1. The Kier molecular flexibility index (Phi) is 2.15. The third-order valence-corrected chi connectivity index (χ3v) is 2.46. The maximum atomic E-state index is 5.76. The van der Waals surface area contributed by atoms with Crippen LogP contribution < -0.4 is 0 Å². The lowest BCUT2D eigenvalue weighted by atomic mass is 9.94. The van der Waals surface area contributed by atoms with E-state index in [0.717, 1.165) is 11.8 Å². The lowest BCUT2D eigenvalue weighted by Crippen LogP contribution is -2.02. The molecule has 0 nitrogen and oxygen atoms in total. The second-order valence-electron chi connectivity index (χ2n) is 3.58. The summed E-state index contributed by atoms with van der Waals surface area (Å²) in [5.41, 5.74) is 0. The molecule has 0 spiro atoms. The van der Waals surface area contributed by atoms with E-state index in [1.807, 2.05) is 0 Å². The molecule has 0 amide bonds. The number of hydrogen-bond acceptors (Lipinski definition) is 0. The zero-order chi connectivity index (χ0) is 6.85. The van der Waals surface area contributed by atoms with Crippen LogP contribution in [-0.4, -0.2) is 0 Å². The van der Waals surface area contributed by atoms with Crippen molar-refractivity contribution < 1.29 is 0 Å². The molecule has 1 saturated carbocycles. The van der Waals surface area contributed by atoms with Crippen molar-refractivity contribution in [1.29, 1.82) is 0 Å². The molecular formula is C9H16. The Hall–Kier alpha value is 0. The van der Waals surface area contributed by atoms with Crippen molar-refractivity contribution in [2.24, 2.45) is 17.8 Å². The fraction of sp³-hybridized carbons (Fsp3) is 0.889. The summed E-state index contributed by atoms with van der Waals surface area (Å²) in [5.74, 6) is 2.27. The van der Waals surface area contributed by atoms with Gasteiger partial charge in [0.15, 0.2) is 0 Å². The van der Waals surface area contributed by atoms with Crippen molar-refractivity contribution in [3.8, 4) is 0 Å². The molecule has 2 atom stereocenters. The van der Waals surface area contributed by atoms with Crippen LogP contribution in [0.1, 0.15) is 33.1 Å². The Morgan fingerprint density at radius 1 is 1.33 bits per heavy atom. The zero-order valence-electron chi connectivity index (χ0n) is 6.43. The van der Waals surface area contributed by atoms with Crippen LogP contribution in [0.25, 0.3) is 0 Å². The van der Waals surface area contributed by atoms with Crippen LogP contribution in [0, 0.1) is 24.7 Å².